The molecule has 0 radical (unpaired) electrons. The molecule has 0 amide bonds. The van der Waals surface area contributed by atoms with Gasteiger partial charge in [-0.25, -0.2) is 4.98 Å². The van der Waals surface area contributed by atoms with Gasteiger partial charge in [-0.1, -0.05) is 6.07 Å². The van der Waals surface area contributed by atoms with E-state index in [1.807, 2.05) is 42.9 Å². The third kappa shape index (κ3) is 2.83. The fourth-order valence-electron chi connectivity index (χ4n) is 1.95. The van der Waals surface area contributed by atoms with Gasteiger partial charge in [-0.3, -0.25) is 0 Å². The topological polar surface area (TPSA) is 53.1 Å². The third-order valence-electron chi connectivity index (χ3n) is 2.97. The highest BCUT2D eigenvalue weighted by Gasteiger charge is 2.05. The number of ether oxygens (including phenoxy) is 1. The van der Waals surface area contributed by atoms with Crippen molar-refractivity contribution in [2.45, 2.75) is 6.54 Å². The van der Waals surface area contributed by atoms with Crippen LogP contribution in [0.3, 0.4) is 0 Å². The third-order valence-corrected chi connectivity index (χ3v) is 3.86. The fourth-order valence-corrected chi connectivity index (χ4v) is 2.71. The summed E-state index contributed by atoms with van der Waals surface area (Å²) < 4.78 is 7.81. The second-order valence-corrected chi connectivity index (χ2v) is 5.31. The smallest absolute Gasteiger partial charge is 0.119 e. The molecule has 0 saturated heterocycles. The molecule has 0 spiro atoms. The Morgan fingerprint density at radius 2 is 2.05 bits per heavy atom. The Labute approximate surface area is 121 Å². The van der Waals surface area contributed by atoms with Gasteiger partial charge in [0.1, 0.15) is 12.4 Å². The number of benzene rings is 1. The van der Waals surface area contributed by atoms with Crippen molar-refractivity contribution in [3.63, 3.8) is 0 Å². The van der Waals surface area contributed by atoms with Gasteiger partial charge in [0.25, 0.3) is 0 Å². The van der Waals surface area contributed by atoms with Crippen molar-refractivity contribution in [3.05, 3.63) is 54.3 Å². The molecule has 0 aliphatic heterocycles. The minimum atomic E-state index is 0.596. The number of nitrogens with two attached hydrogens (primary N) is 1. The van der Waals surface area contributed by atoms with Crippen molar-refractivity contribution in [1.29, 1.82) is 0 Å². The zero-order valence-electron chi connectivity index (χ0n) is 10.9. The zero-order chi connectivity index (χ0) is 13.8. The number of nitrogen functional groups attached to an aromatic ring is 1. The second kappa shape index (κ2) is 5.79. The van der Waals surface area contributed by atoms with E-state index in [2.05, 4.69) is 21.0 Å². The summed E-state index contributed by atoms with van der Waals surface area (Å²) in [6, 6.07) is 11.6. The van der Waals surface area contributed by atoms with E-state index in [1.54, 1.807) is 11.3 Å². The normalized spacial score (nSPS) is 10.6. The second-order valence-electron chi connectivity index (χ2n) is 4.37. The average molecular weight is 285 g/mol. The van der Waals surface area contributed by atoms with Gasteiger partial charge in [-0.2, -0.15) is 0 Å². The number of anilines is 1. The highest BCUT2D eigenvalue weighted by Crippen LogP contribution is 2.24. The molecule has 4 nitrogen and oxygen atoms in total. The lowest BCUT2D eigenvalue weighted by Gasteiger charge is -2.09. The lowest BCUT2D eigenvalue weighted by Crippen LogP contribution is -2.08. The van der Waals surface area contributed by atoms with E-state index in [4.69, 9.17) is 10.5 Å². The van der Waals surface area contributed by atoms with E-state index in [0.717, 1.165) is 23.7 Å². The zero-order valence-corrected chi connectivity index (χ0v) is 11.7. The van der Waals surface area contributed by atoms with Crippen molar-refractivity contribution in [2.24, 2.45) is 0 Å². The molecular weight excluding hydrogens is 270 g/mol. The molecule has 1 aromatic carbocycles. The SMILES string of the molecule is Nc1ccc(OCCn2cncc2-c2cccs2)cc1. The minimum Gasteiger partial charge on any atom is -0.492 e. The Bertz CT molecular complexity index is 659. The Hall–Kier alpha value is -2.27. The molecule has 0 atom stereocenters. The Balaban J connectivity index is 1.62. The van der Waals surface area contributed by atoms with E-state index >= 15 is 0 Å². The van der Waals surface area contributed by atoms with Crippen LogP contribution < -0.4 is 10.5 Å². The molecule has 102 valence electrons. The number of nitrogens with zero attached hydrogens (tertiary/aromatic N) is 2. The molecule has 0 aliphatic carbocycles. The van der Waals surface area contributed by atoms with Gasteiger partial charge in [-0.15, -0.1) is 11.3 Å². The maximum absolute atomic E-state index is 5.71. The molecule has 3 aromatic rings. The summed E-state index contributed by atoms with van der Waals surface area (Å²) in [5, 5.41) is 2.07. The largest absolute Gasteiger partial charge is 0.492 e. The number of aromatic nitrogens is 2. The summed E-state index contributed by atoms with van der Waals surface area (Å²) in [6.07, 6.45) is 3.72. The molecule has 20 heavy (non-hydrogen) atoms. The first kappa shape index (κ1) is 12.7. The van der Waals surface area contributed by atoms with Crippen molar-refractivity contribution < 1.29 is 4.74 Å². The summed E-state index contributed by atoms with van der Waals surface area (Å²) in [5.41, 5.74) is 7.51. The van der Waals surface area contributed by atoms with Crippen LogP contribution in [-0.2, 0) is 6.54 Å². The summed E-state index contributed by atoms with van der Waals surface area (Å²) in [7, 11) is 0. The Kier molecular flexibility index (Phi) is 3.69. The van der Waals surface area contributed by atoms with Gasteiger partial charge in [0, 0.05) is 5.69 Å². The van der Waals surface area contributed by atoms with Crippen LogP contribution in [0.5, 0.6) is 5.75 Å². The maximum Gasteiger partial charge on any atom is 0.119 e. The summed E-state index contributed by atoms with van der Waals surface area (Å²) >= 11 is 1.71. The molecule has 0 saturated carbocycles. The van der Waals surface area contributed by atoms with Gasteiger partial charge in [0.2, 0.25) is 0 Å². The van der Waals surface area contributed by atoms with Gasteiger partial charge in [-0.05, 0) is 35.7 Å². The monoisotopic (exact) mass is 285 g/mol. The number of hydrogen-bond donors (Lipinski definition) is 1. The molecule has 0 unspecified atom stereocenters. The molecule has 3 rings (SSSR count). The quantitative estimate of drug-likeness (QED) is 0.732. The standard InChI is InChI=1S/C15H15N3OS/c16-12-3-5-13(6-4-12)19-8-7-18-11-17-10-14(18)15-2-1-9-20-15/h1-6,9-11H,7-8,16H2. The summed E-state index contributed by atoms with van der Waals surface area (Å²) in [5.74, 6) is 0.831. The predicted molar refractivity (Wildman–Crippen MR) is 81.9 cm³/mol. The van der Waals surface area contributed by atoms with E-state index in [0.29, 0.717) is 6.61 Å². The minimum absolute atomic E-state index is 0.596. The number of hydrogen-bond acceptors (Lipinski definition) is 4. The van der Waals surface area contributed by atoms with Crippen LogP contribution in [0.15, 0.2) is 54.3 Å². The summed E-state index contributed by atoms with van der Waals surface area (Å²) in [6.45, 7) is 1.36. The lowest BCUT2D eigenvalue weighted by molar-refractivity contribution is 0.299. The van der Waals surface area contributed by atoms with Gasteiger partial charge < -0.3 is 15.0 Å². The molecule has 0 aliphatic rings. The molecule has 2 heterocycles. The Morgan fingerprint density at radius 1 is 1.20 bits per heavy atom. The predicted octanol–water partition coefficient (Wildman–Crippen LogP) is 3.27. The van der Waals surface area contributed by atoms with Crippen molar-refractivity contribution in [2.75, 3.05) is 12.3 Å². The van der Waals surface area contributed by atoms with Crippen LogP contribution in [0.1, 0.15) is 0 Å². The van der Waals surface area contributed by atoms with E-state index in [9.17, 15) is 0 Å². The van der Waals surface area contributed by atoms with Crippen LogP contribution in [0, 0.1) is 0 Å². The number of thiophene rings is 1. The van der Waals surface area contributed by atoms with Crippen LogP contribution in [0.4, 0.5) is 5.69 Å². The van der Waals surface area contributed by atoms with Gasteiger partial charge >= 0.3 is 0 Å². The van der Waals surface area contributed by atoms with E-state index in [-0.39, 0.29) is 0 Å². The van der Waals surface area contributed by atoms with Crippen molar-refractivity contribution >= 4 is 17.0 Å². The number of rotatable bonds is 5. The molecule has 5 heteroatoms. The molecule has 0 bridgehead atoms. The first-order valence-electron chi connectivity index (χ1n) is 6.35. The summed E-state index contributed by atoms with van der Waals surface area (Å²) in [4.78, 5) is 5.43. The molecule has 0 fully saturated rings. The van der Waals surface area contributed by atoms with Crippen LogP contribution in [0.2, 0.25) is 0 Å². The lowest BCUT2D eigenvalue weighted by atomic mass is 10.3. The maximum atomic E-state index is 5.71. The molecule has 2 N–H and O–H groups in total. The fraction of sp³-hybridized carbons (Fsp3) is 0.133. The van der Waals surface area contributed by atoms with Gasteiger partial charge in [0.05, 0.1) is 29.6 Å². The Morgan fingerprint density at radius 3 is 2.80 bits per heavy atom. The average Bonchev–Trinajstić information content (AvgIpc) is 3.11. The molecular formula is C15H15N3OS. The highest BCUT2D eigenvalue weighted by atomic mass is 32.1. The first-order chi connectivity index (χ1) is 9.83. The number of imidazole rings is 1. The van der Waals surface area contributed by atoms with Crippen molar-refractivity contribution in [1.82, 2.24) is 9.55 Å². The van der Waals surface area contributed by atoms with E-state index in [1.165, 1.54) is 4.88 Å². The highest BCUT2D eigenvalue weighted by molar-refractivity contribution is 7.13. The van der Waals surface area contributed by atoms with Crippen molar-refractivity contribution in [3.8, 4) is 16.3 Å². The van der Waals surface area contributed by atoms with Gasteiger partial charge in [0.15, 0.2) is 0 Å². The van der Waals surface area contributed by atoms with Crippen LogP contribution in [-0.4, -0.2) is 16.2 Å². The van der Waals surface area contributed by atoms with Crippen LogP contribution in [0.25, 0.3) is 10.6 Å². The first-order valence-corrected chi connectivity index (χ1v) is 7.23. The van der Waals surface area contributed by atoms with Crippen LogP contribution >= 0.6 is 11.3 Å². The molecule has 2 aromatic heterocycles. The van der Waals surface area contributed by atoms with E-state index < -0.39 is 0 Å².